The van der Waals surface area contributed by atoms with Crippen LogP contribution in [0.25, 0.3) is 11.4 Å². The lowest BCUT2D eigenvalue weighted by molar-refractivity contribution is 0.0785. The van der Waals surface area contributed by atoms with Gasteiger partial charge < -0.3 is 14.2 Å². The van der Waals surface area contributed by atoms with Crippen molar-refractivity contribution in [2.45, 2.75) is 12.8 Å². The third-order valence-corrected chi connectivity index (χ3v) is 5.09. The second kappa shape index (κ2) is 7.42. The minimum Gasteiger partial charge on any atom is -0.494 e. The number of carbonyl (C=O) groups excluding carboxylic acids is 1. The Balaban J connectivity index is 1.51. The van der Waals surface area contributed by atoms with Gasteiger partial charge in [0.15, 0.2) is 11.6 Å². The van der Waals surface area contributed by atoms with Gasteiger partial charge in [0, 0.05) is 24.2 Å². The normalized spacial score (nSPS) is 19.0. The molecular weight excluding hydrogens is 361 g/mol. The molecule has 1 aliphatic heterocycles. The van der Waals surface area contributed by atoms with Crippen molar-refractivity contribution < 1.29 is 18.4 Å². The van der Waals surface area contributed by atoms with Gasteiger partial charge in [0.2, 0.25) is 11.7 Å². The molecule has 6 nitrogen and oxygen atoms in total. The van der Waals surface area contributed by atoms with Gasteiger partial charge in [0.25, 0.3) is 5.91 Å². The van der Waals surface area contributed by atoms with Gasteiger partial charge in [-0.1, -0.05) is 42.4 Å². The highest BCUT2D eigenvalue weighted by Gasteiger charge is 2.37. The summed E-state index contributed by atoms with van der Waals surface area (Å²) in [5, 5.41) is 4.07. The van der Waals surface area contributed by atoms with Gasteiger partial charge in [-0.3, -0.25) is 4.79 Å². The number of rotatable bonds is 4. The van der Waals surface area contributed by atoms with Crippen LogP contribution in [0.3, 0.4) is 0 Å². The van der Waals surface area contributed by atoms with Crippen molar-refractivity contribution in [3.63, 3.8) is 0 Å². The highest BCUT2D eigenvalue weighted by molar-refractivity contribution is 5.94. The fraction of sp³-hybridized carbons (Fsp3) is 0.286. The fourth-order valence-electron chi connectivity index (χ4n) is 3.53. The molecule has 2 unspecified atom stereocenters. The molecule has 2 heterocycles. The highest BCUT2D eigenvalue weighted by Crippen LogP contribution is 2.33. The molecule has 1 aliphatic rings. The molecule has 1 amide bonds. The molecule has 1 fully saturated rings. The van der Waals surface area contributed by atoms with Crippen molar-refractivity contribution in [1.29, 1.82) is 0 Å². The first-order valence-corrected chi connectivity index (χ1v) is 9.08. The quantitative estimate of drug-likeness (QED) is 0.688. The number of nitrogens with zero attached hydrogens (tertiary/aromatic N) is 3. The molecule has 0 bridgehead atoms. The fourth-order valence-corrected chi connectivity index (χ4v) is 3.53. The molecular formula is C21H20FN3O3. The zero-order chi connectivity index (χ0) is 19.7. The zero-order valence-electron chi connectivity index (χ0n) is 15.6. The van der Waals surface area contributed by atoms with Gasteiger partial charge in [-0.25, -0.2) is 4.39 Å². The van der Waals surface area contributed by atoms with Gasteiger partial charge >= 0.3 is 0 Å². The smallest absolute Gasteiger partial charge is 0.253 e. The van der Waals surface area contributed by atoms with E-state index < -0.39 is 5.82 Å². The topological polar surface area (TPSA) is 68.5 Å². The number of ether oxygens (including phenoxy) is 1. The van der Waals surface area contributed by atoms with Crippen LogP contribution >= 0.6 is 0 Å². The van der Waals surface area contributed by atoms with E-state index in [1.807, 2.05) is 37.3 Å². The molecule has 0 spiro atoms. The maximum absolute atomic E-state index is 14.0. The predicted octanol–water partition coefficient (Wildman–Crippen LogP) is 3.76. The van der Waals surface area contributed by atoms with Crippen LogP contribution < -0.4 is 4.74 Å². The van der Waals surface area contributed by atoms with Crippen LogP contribution in [0.1, 0.15) is 29.1 Å². The lowest BCUT2D eigenvalue weighted by Gasteiger charge is -2.16. The molecule has 28 heavy (non-hydrogen) atoms. The molecule has 2 atom stereocenters. The van der Waals surface area contributed by atoms with Gasteiger partial charge in [-0.2, -0.15) is 4.98 Å². The third kappa shape index (κ3) is 3.35. The molecule has 3 aromatic rings. The third-order valence-electron chi connectivity index (χ3n) is 5.09. The Morgan fingerprint density at radius 1 is 1.21 bits per heavy atom. The van der Waals surface area contributed by atoms with Crippen LogP contribution in [-0.2, 0) is 0 Å². The number of aromatic nitrogens is 2. The summed E-state index contributed by atoms with van der Waals surface area (Å²) in [7, 11) is 1.39. The summed E-state index contributed by atoms with van der Waals surface area (Å²) in [6.45, 7) is 3.03. The molecule has 2 aromatic carbocycles. The number of hydrogen-bond donors (Lipinski definition) is 0. The summed E-state index contributed by atoms with van der Waals surface area (Å²) in [5.74, 6) is 0.476. The van der Waals surface area contributed by atoms with Crippen LogP contribution in [0.15, 0.2) is 53.1 Å². The number of amides is 1. The van der Waals surface area contributed by atoms with Crippen molar-refractivity contribution in [2.75, 3.05) is 20.2 Å². The Labute approximate surface area is 161 Å². The second-order valence-electron chi connectivity index (χ2n) is 6.97. The predicted molar refractivity (Wildman–Crippen MR) is 100 cm³/mol. The van der Waals surface area contributed by atoms with E-state index in [9.17, 15) is 9.18 Å². The molecule has 0 aliphatic carbocycles. The van der Waals surface area contributed by atoms with Gasteiger partial charge in [-0.05, 0) is 24.1 Å². The van der Waals surface area contributed by atoms with Crippen molar-refractivity contribution >= 4 is 5.91 Å². The first-order valence-electron chi connectivity index (χ1n) is 9.08. The van der Waals surface area contributed by atoms with Crippen molar-refractivity contribution in [2.24, 2.45) is 5.92 Å². The van der Waals surface area contributed by atoms with Crippen molar-refractivity contribution in [1.82, 2.24) is 15.0 Å². The Morgan fingerprint density at radius 2 is 2.00 bits per heavy atom. The Bertz CT molecular complexity index is 990. The molecule has 0 radical (unpaired) electrons. The van der Waals surface area contributed by atoms with Gasteiger partial charge in [-0.15, -0.1) is 0 Å². The van der Waals surface area contributed by atoms with Crippen LogP contribution in [0, 0.1) is 11.7 Å². The van der Waals surface area contributed by atoms with Crippen LogP contribution in [0.5, 0.6) is 5.75 Å². The minimum atomic E-state index is -0.554. The largest absolute Gasteiger partial charge is 0.494 e. The van der Waals surface area contributed by atoms with E-state index in [-0.39, 0.29) is 23.5 Å². The summed E-state index contributed by atoms with van der Waals surface area (Å²) < 4.78 is 24.3. The van der Waals surface area contributed by atoms with Crippen molar-refractivity contribution in [3.8, 4) is 17.1 Å². The lowest BCUT2D eigenvalue weighted by atomic mass is 9.98. The van der Waals surface area contributed by atoms with E-state index >= 15 is 0 Å². The minimum absolute atomic E-state index is 0.0583. The summed E-state index contributed by atoms with van der Waals surface area (Å²) in [6, 6.07) is 13.8. The molecule has 0 saturated carbocycles. The highest BCUT2D eigenvalue weighted by atomic mass is 19.1. The standard InChI is InChI=1S/C21H20FN3O3/c1-13-11-25(21(26)15-8-9-18(27-2)17(22)10-15)12-16(13)20-23-19(24-28-20)14-6-4-3-5-7-14/h3-10,13,16H,11-12H2,1-2H3. The zero-order valence-corrected chi connectivity index (χ0v) is 15.6. The number of halogens is 1. The van der Waals surface area contributed by atoms with E-state index in [2.05, 4.69) is 10.1 Å². The molecule has 144 valence electrons. The number of likely N-dealkylation sites (tertiary alicyclic amines) is 1. The second-order valence-corrected chi connectivity index (χ2v) is 6.97. The molecule has 1 aromatic heterocycles. The van der Waals surface area contributed by atoms with Gasteiger partial charge in [0.1, 0.15) is 0 Å². The van der Waals surface area contributed by atoms with Crippen LogP contribution in [0.2, 0.25) is 0 Å². The maximum atomic E-state index is 14.0. The average molecular weight is 381 g/mol. The first-order chi connectivity index (χ1) is 13.6. The van der Waals surface area contributed by atoms with Crippen molar-refractivity contribution in [3.05, 3.63) is 65.8 Å². The summed E-state index contributed by atoms with van der Waals surface area (Å²) in [4.78, 5) is 19.0. The van der Waals surface area contributed by atoms with Crippen LogP contribution in [-0.4, -0.2) is 41.1 Å². The van der Waals surface area contributed by atoms with E-state index in [1.54, 1.807) is 11.0 Å². The average Bonchev–Trinajstić information content (AvgIpc) is 3.35. The Kier molecular flexibility index (Phi) is 4.81. The SMILES string of the molecule is COc1ccc(C(=O)N2CC(C)C(c3nc(-c4ccccc4)no3)C2)cc1F. The molecule has 7 heteroatoms. The Hall–Kier alpha value is -3.22. The lowest BCUT2D eigenvalue weighted by Crippen LogP contribution is -2.29. The first kappa shape index (κ1) is 18.2. The molecule has 1 saturated heterocycles. The number of hydrogen-bond acceptors (Lipinski definition) is 5. The monoisotopic (exact) mass is 381 g/mol. The van der Waals surface area contributed by atoms with E-state index in [0.717, 1.165) is 5.56 Å². The van der Waals surface area contributed by atoms with E-state index in [4.69, 9.17) is 9.26 Å². The van der Waals surface area contributed by atoms with Gasteiger partial charge in [0.05, 0.1) is 13.0 Å². The molecule has 0 N–H and O–H groups in total. The van der Waals surface area contributed by atoms with E-state index in [0.29, 0.717) is 30.4 Å². The summed E-state index contributed by atoms with van der Waals surface area (Å²) in [6.07, 6.45) is 0. The summed E-state index contributed by atoms with van der Waals surface area (Å²) >= 11 is 0. The maximum Gasteiger partial charge on any atom is 0.253 e. The molecule has 4 rings (SSSR count). The number of benzene rings is 2. The summed E-state index contributed by atoms with van der Waals surface area (Å²) in [5.41, 5.74) is 1.17. The van der Waals surface area contributed by atoms with E-state index in [1.165, 1.54) is 19.2 Å². The number of methoxy groups -OCH3 is 1. The van der Waals surface area contributed by atoms with Crippen LogP contribution in [0.4, 0.5) is 4.39 Å². The Morgan fingerprint density at radius 3 is 2.71 bits per heavy atom. The number of carbonyl (C=O) groups is 1.